The summed E-state index contributed by atoms with van der Waals surface area (Å²) in [5.41, 5.74) is 4.41. The summed E-state index contributed by atoms with van der Waals surface area (Å²) in [6, 6.07) is 13.8. The number of nitrogens with zero attached hydrogens (tertiary/aromatic N) is 2. The lowest BCUT2D eigenvalue weighted by Gasteiger charge is -2.37. The zero-order chi connectivity index (χ0) is 16.4. The summed E-state index contributed by atoms with van der Waals surface area (Å²) in [5, 5.41) is 0.523. The summed E-state index contributed by atoms with van der Waals surface area (Å²) in [6.07, 6.45) is 0. The van der Waals surface area contributed by atoms with E-state index in [0.29, 0.717) is 10.6 Å². The Morgan fingerprint density at radius 2 is 1.70 bits per heavy atom. The second-order valence-corrected chi connectivity index (χ2v) is 6.46. The number of carbonyl (C=O) groups excluding carboxylic acids is 1. The number of anilines is 1. The Labute approximate surface area is 142 Å². The first kappa shape index (κ1) is 15.9. The molecule has 4 heteroatoms. The number of carbonyl (C=O) groups is 1. The van der Waals surface area contributed by atoms with Gasteiger partial charge in [-0.1, -0.05) is 35.9 Å². The summed E-state index contributed by atoms with van der Waals surface area (Å²) >= 11 is 6.14. The lowest BCUT2D eigenvalue weighted by molar-refractivity contribution is 0.0747. The molecule has 3 rings (SSSR count). The van der Waals surface area contributed by atoms with E-state index in [0.717, 1.165) is 26.2 Å². The molecule has 23 heavy (non-hydrogen) atoms. The first-order valence-electron chi connectivity index (χ1n) is 7.92. The van der Waals surface area contributed by atoms with Gasteiger partial charge in [-0.2, -0.15) is 0 Å². The maximum absolute atomic E-state index is 12.6. The molecule has 120 valence electrons. The largest absolute Gasteiger partial charge is 0.368 e. The fraction of sp³-hybridized carbons (Fsp3) is 0.316. The van der Waals surface area contributed by atoms with Gasteiger partial charge in [0.25, 0.3) is 5.91 Å². The number of hydrogen-bond donors (Lipinski definition) is 0. The Morgan fingerprint density at radius 1 is 1.00 bits per heavy atom. The molecule has 0 atom stereocenters. The van der Waals surface area contributed by atoms with E-state index >= 15 is 0 Å². The fourth-order valence-electron chi connectivity index (χ4n) is 3.02. The molecule has 2 aromatic carbocycles. The standard InChI is InChI=1S/C19H21ClN2O/c1-14-7-8-15(2)18(13-14)21-9-11-22(12-10-21)19(23)16-5-3-4-6-17(16)20/h3-8,13H,9-12H2,1-2H3. The van der Waals surface area contributed by atoms with E-state index in [1.54, 1.807) is 12.1 Å². The van der Waals surface area contributed by atoms with Crippen molar-refractivity contribution in [2.45, 2.75) is 13.8 Å². The van der Waals surface area contributed by atoms with Crippen LogP contribution < -0.4 is 4.90 Å². The van der Waals surface area contributed by atoms with E-state index in [1.807, 2.05) is 17.0 Å². The molecule has 1 saturated heterocycles. The summed E-state index contributed by atoms with van der Waals surface area (Å²) in [6.45, 7) is 7.38. The third kappa shape index (κ3) is 3.35. The number of rotatable bonds is 2. The quantitative estimate of drug-likeness (QED) is 0.834. The maximum Gasteiger partial charge on any atom is 0.255 e. The SMILES string of the molecule is Cc1ccc(C)c(N2CCN(C(=O)c3ccccc3Cl)CC2)c1. The van der Waals surface area contributed by atoms with Crippen molar-refractivity contribution in [2.75, 3.05) is 31.1 Å². The molecule has 1 aliphatic heterocycles. The van der Waals surface area contributed by atoms with Crippen molar-refractivity contribution in [3.8, 4) is 0 Å². The highest BCUT2D eigenvalue weighted by Crippen LogP contribution is 2.24. The molecule has 1 amide bonds. The molecule has 1 heterocycles. The Kier molecular flexibility index (Phi) is 4.58. The minimum atomic E-state index is 0.0243. The van der Waals surface area contributed by atoms with Crippen LogP contribution in [0.2, 0.25) is 5.02 Å². The highest BCUT2D eigenvalue weighted by Gasteiger charge is 2.24. The topological polar surface area (TPSA) is 23.6 Å². The van der Waals surface area contributed by atoms with Gasteiger partial charge in [-0.05, 0) is 43.2 Å². The van der Waals surface area contributed by atoms with Gasteiger partial charge in [0.05, 0.1) is 10.6 Å². The first-order valence-corrected chi connectivity index (χ1v) is 8.30. The third-order valence-corrected chi connectivity index (χ3v) is 4.71. The minimum absolute atomic E-state index is 0.0243. The number of aryl methyl sites for hydroxylation is 2. The van der Waals surface area contributed by atoms with Crippen molar-refractivity contribution < 1.29 is 4.79 Å². The van der Waals surface area contributed by atoms with Gasteiger partial charge >= 0.3 is 0 Å². The predicted octanol–water partition coefficient (Wildman–Crippen LogP) is 3.92. The third-order valence-electron chi connectivity index (χ3n) is 4.38. The van der Waals surface area contributed by atoms with Crippen LogP contribution in [0.15, 0.2) is 42.5 Å². The molecule has 0 saturated carbocycles. The number of halogens is 1. The number of piperazine rings is 1. The summed E-state index contributed by atoms with van der Waals surface area (Å²) in [4.78, 5) is 16.9. The van der Waals surface area contributed by atoms with Crippen molar-refractivity contribution in [2.24, 2.45) is 0 Å². The van der Waals surface area contributed by atoms with Crippen molar-refractivity contribution in [1.82, 2.24) is 4.90 Å². The summed E-state index contributed by atoms with van der Waals surface area (Å²) in [7, 11) is 0. The molecule has 2 aromatic rings. The van der Waals surface area contributed by atoms with Crippen LogP contribution in [0, 0.1) is 13.8 Å². The molecular weight excluding hydrogens is 308 g/mol. The fourth-order valence-corrected chi connectivity index (χ4v) is 3.23. The van der Waals surface area contributed by atoms with Crippen LogP contribution in [0.5, 0.6) is 0 Å². The molecule has 0 aromatic heterocycles. The predicted molar refractivity (Wildman–Crippen MR) is 95.5 cm³/mol. The van der Waals surface area contributed by atoms with Gasteiger partial charge in [-0.3, -0.25) is 4.79 Å². The highest BCUT2D eigenvalue weighted by atomic mass is 35.5. The molecule has 0 unspecified atom stereocenters. The molecule has 0 aliphatic carbocycles. The van der Waals surface area contributed by atoms with Crippen LogP contribution in [-0.4, -0.2) is 37.0 Å². The highest BCUT2D eigenvalue weighted by molar-refractivity contribution is 6.33. The van der Waals surface area contributed by atoms with Gasteiger partial charge in [0.1, 0.15) is 0 Å². The van der Waals surface area contributed by atoms with E-state index in [-0.39, 0.29) is 5.91 Å². The van der Waals surface area contributed by atoms with Crippen LogP contribution in [0.1, 0.15) is 21.5 Å². The number of amides is 1. The maximum atomic E-state index is 12.6. The van der Waals surface area contributed by atoms with Crippen LogP contribution in [-0.2, 0) is 0 Å². The number of benzene rings is 2. The van der Waals surface area contributed by atoms with Crippen LogP contribution in [0.3, 0.4) is 0 Å². The Morgan fingerprint density at radius 3 is 2.39 bits per heavy atom. The van der Waals surface area contributed by atoms with E-state index in [1.165, 1.54) is 16.8 Å². The minimum Gasteiger partial charge on any atom is -0.368 e. The molecule has 3 nitrogen and oxygen atoms in total. The first-order chi connectivity index (χ1) is 11.1. The average molecular weight is 329 g/mol. The van der Waals surface area contributed by atoms with Crippen molar-refractivity contribution in [3.05, 3.63) is 64.2 Å². The zero-order valence-corrected chi connectivity index (χ0v) is 14.3. The van der Waals surface area contributed by atoms with Crippen molar-refractivity contribution in [1.29, 1.82) is 0 Å². The van der Waals surface area contributed by atoms with E-state index < -0.39 is 0 Å². The Balaban J connectivity index is 1.70. The summed E-state index contributed by atoms with van der Waals surface area (Å²) < 4.78 is 0. The van der Waals surface area contributed by atoms with Gasteiger partial charge in [0.2, 0.25) is 0 Å². The lowest BCUT2D eigenvalue weighted by atomic mass is 10.1. The van der Waals surface area contributed by atoms with Crippen molar-refractivity contribution in [3.63, 3.8) is 0 Å². The van der Waals surface area contributed by atoms with Crippen LogP contribution in [0.4, 0.5) is 5.69 Å². The Bertz CT molecular complexity index is 721. The van der Waals surface area contributed by atoms with Gasteiger partial charge in [-0.25, -0.2) is 0 Å². The van der Waals surface area contributed by atoms with E-state index in [4.69, 9.17) is 11.6 Å². The van der Waals surface area contributed by atoms with Gasteiger partial charge in [0, 0.05) is 31.9 Å². The van der Waals surface area contributed by atoms with E-state index in [2.05, 4.69) is 36.9 Å². The summed E-state index contributed by atoms with van der Waals surface area (Å²) in [5.74, 6) is 0.0243. The molecule has 0 bridgehead atoms. The Hall–Kier alpha value is -2.00. The normalized spacial score (nSPS) is 14.9. The molecule has 0 radical (unpaired) electrons. The average Bonchev–Trinajstić information content (AvgIpc) is 2.57. The molecule has 0 spiro atoms. The molecular formula is C19H21ClN2O. The zero-order valence-electron chi connectivity index (χ0n) is 13.6. The lowest BCUT2D eigenvalue weighted by Crippen LogP contribution is -2.49. The van der Waals surface area contributed by atoms with Gasteiger partial charge in [0.15, 0.2) is 0 Å². The van der Waals surface area contributed by atoms with Crippen LogP contribution in [0.25, 0.3) is 0 Å². The second-order valence-electron chi connectivity index (χ2n) is 6.05. The van der Waals surface area contributed by atoms with Gasteiger partial charge in [-0.15, -0.1) is 0 Å². The van der Waals surface area contributed by atoms with E-state index in [9.17, 15) is 4.79 Å². The van der Waals surface area contributed by atoms with Crippen molar-refractivity contribution >= 4 is 23.2 Å². The molecule has 1 fully saturated rings. The van der Waals surface area contributed by atoms with Crippen LogP contribution >= 0.6 is 11.6 Å². The molecule has 1 aliphatic rings. The second kappa shape index (κ2) is 6.63. The smallest absolute Gasteiger partial charge is 0.255 e. The molecule has 0 N–H and O–H groups in total. The monoisotopic (exact) mass is 328 g/mol. The van der Waals surface area contributed by atoms with Gasteiger partial charge < -0.3 is 9.80 Å². The number of hydrogen-bond acceptors (Lipinski definition) is 2.